The van der Waals surface area contributed by atoms with Crippen molar-refractivity contribution in [3.8, 4) is 0 Å². The topological polar surface area (TPSA) is 65.5 Å². The molecule has 1 spiro atoms. The van der Waals surface area contributed by atoms with Crippen LogP contribution in [0.25, 0.3) is 0 Å². The van der Waals surface area contributed by atoms with E-state index in [-0.39, 0.29) is 18.0 Å². The SMILES string of the molecule is CC[C@H](NC(=O)N1CCC2(CC1)C(=O)N(C)c1ccccc12)c1nccs1. The van der Waals surface area contributed by atoms with E-state index in [0.29, 0.717) is 25.9 Å². The van der Waals surface area contributed by atoms with E-state index in [2.05, 4.69) is 16.4 Å². The summed E-state index contributed by atoms with van der Waals surface area (Å²) in [6, 6.07) is 7.88. The standard InChI is InChI=1S/C20H24N4O2S/c1-3-15(17-21-10-13-27-17)22-19(26)24-11-8-20(9-12-24)14-6-4-5-7-16(14)23(2)18(20)25/h4-7,10,13,15H,3,8-9,11-12H2,1-2H3,(H,22,26)/t15-/m0/s1. The van der Waals surface area contributed by atoms with Crippen LogP contribution < -0.4 is 10.2 Å². The molecule has 0 bridgehead atoms. The number of para-hydroxylation sites is 1. The summed E-state index contributed by atoms with van der Waals surface area (Å²) in [5.41, 5.74) is 1.61. The Morgan fingerprint density at radius 2 is 2.07 bits per heavy atom. The van der Waals surface area contributed by atoms with Gasteiger partial charge in [-0.15, -0.1) is 11.3 Å². The molecular formula is C20H24N4O2S. The number of anilines is 1. The van der Waals surface area contributed by atoms with Crippen LogP contribution in [0.2, 0.25) is 0 Å². The average molecular weight is 385 g/mol. The number of thiazole rings is 1. The van der Waals surface area contributed by atoms with Crippen LogP contribution in [-0.2, 0) is 10.2 Å². The zero-order valence-corrected chi connectivity index (χ0v) is 16.5. The van der Waals surface area contributed by atoms with E-state index in [4.69, 9.17) is 0 Å². The Kier molecular flexibility index (Phi) is 4.63. The number of fused-ring (bicyclic) bond motifs is 2. The highest BCUT2D eigenvalue weighted by Gasteiger charge is 2.51. The number of benzene rings is 1. The molecule has 2 aliphatic rings. The van der Waals surface area contributed by atoms with Crippen molar-refractivity contribution in [3.05, 3.63) is 46.4 Å². The second-order valence-electron chi connectivity index (χ2n) is 7.23. The predicted molar refractivity (Wildman–Crippen MR) is 106 cm³/mol. The third kappa shape index (κ3) is 2.90. The summed E-state index contributed by atoms with van der Waals surface area (Å²) >= 11 is 1.56. The number of carbonyl (C=O) groups excluding carboxylic acids is 2. The summed E-state index contributed by atoms with van der Waals surface area (Å²) < 4.78 is 0. The quantitative estimate of drug-likeness (QED) is 0.883. The number of hydrogen-bond donors (Lipinski definition) is 1. The lowest BCUT2D eigenvalue weighted by Crippen LogP contribution is -2.52. The van der Waals surface area contributed by atoms with Gasteiger partial charge in [-0.3, -0.25) is 4.79 Å². The van der Waals surface area contributed by atoms with Crippen molar-refractivity contribution in [2.45, 2.75) is 37.6 Å². The number of rotatable bonds is 3. The Morgan fingerprint density at radius 3 is 2.74 bits per heavy atom. The molecule has 142 valence electrons. The highest BCUT2D eigenvalue weighted by Crippen LogP contribution is 2.47. The molecule has 2 aliphatic heterocycles. The largest absolute Gasteiger partial charge is 0.329 e. The number of nitrogens with one attached hydrogen (secondary N) is 1. The van der Waals surface area contributed by atoms with Crippen molar-refractivity contribution >= 4 is 29.0 Å². The summed E-state index contributed by atoms with van der Waals surface area (Å²) in [6.45, 7) is 3.20. The van der Waals surface area contributed by atoms with Crippen molar-refractivity contribution < 1.29 is 9.59 Å². The van der Waals surface area contributed by atoms with Crippen molar-refractivity contribution in [2.24, 2.45) is 0 Å². The fourth-order valence-corrected chi connectivity index (χ4v) is 5.05. The fourth-order valence-electron chi connectivity index (χ4n) is 4.28. The maximum Gasteiger partial charge on any atom is 0.317 e. The molecule has 1 aromatic carbocycles. The van der Waals surface area contributed by atoms with Crippen molar-refractivity contribution in [2.75, 3.05) is 25.0 Å². The molecule has 7 heteroatoms. The summed E-state index contributed by atoms with van der Waals surface area (Å²) in [6.07, 6.45) is 3.89. The van der Waals surface area contributed by atoms with E-state index in [0.717, 1.165) is 22.7 Å². The van der Waals surface area contributed by atoms with Gasteiger partial charge >= 0.3 is 6.03 Å². The first-order valence-corrected chi connectivity index (χ1v) is 10.3. The number of hydrogen-bond acceptors (Lipinski definition) is 4. The normalized spacial score (nSPS) is 19.3. The first-order valence-electron chi connectivity index (χ1n) is 9.39. The molecule has 0 aliphatic carbocycles. The Balaban J connectivity index is 1.46. The van der Waals surface area contributed by atoms with E-state index in [9.17, 15) is 9.59 Å². The summed E-state index contributed by atoms with van der Waals surface area (Å²) in [7, 11) is 1.84. The lowest BCUT2D eigenvalue weighted by Gasteiger charge is -2.38. The zero-order chi connectivity index (χ0) is 19.0. The molecule has 4 rings (SSSR count). The number of amides is 3. The van der Waals surface area contributed by atoms with Crippen LogP contribution in [0.5, 0.6) is 0 Å². The molecule has 2 aromatic rings. The predicted octanol–water partition coefficient (Wildman–Crippen LogP) is 3.31. The van der Waals surface area contributed by atoms with Gasteiger partial charge in [-0.2, -0.15) is 0 Å². The molecule has 3 heterocycles. The molecule has 1 N–H and O–H groups in total. The summed E-state index contributed by atoms with van der Waals surface area (Å²) in [5, 5.41) is 5.95. The first kappa shape index (κ1) is 18.0. The van der Waals surface area contributed by atoms with Gasteiger partial charge in [-0.1, -0.05) is 25.1 Å². The third-order valence-electron chi connectivity index (χ3n) is 5.85. The van der Waals surface area contributed by atoms with E-state index in [1.807, 2.05) is 42.5 Å². The number of likely N-dealkylation sites (N-methyl/N-ethyl adjacent to an activating group) is 1. The highest BCUT2D eigenvalue weighted by atomic mass is 32.1. The van der Waals surface area contributed by atoms with Gasteiger partial charge in [0.05, 0.1) is 11.5 Å². The monoisotopic (exact) mass is 384 g/mol. The molecule has 6 nitrogen and oxygen atoms in total. The number of carbonyl (C=O) groups is 2. The Morgan fingerprint density at radius 1 is 1.33 bits per heavy atom. The lowest BCUT2D eigenvalue weighted by molar-refractivity contribution is -0.124. The summed E-state index contributed by atoms with van der Waals surface area (Å²) in [4.78, 5) is 33.7. The molecule has 1 saturated heterocycles. The lowest BCUT2D eigenvalue weighted by atomic mass is 9.73. The molecule has 0 saturated carbocycles. The number of aromatic nitrogens is 1. The molecule has 0 unspecified atom stereocenters. The molecule has 1 aromatic heterocycles. The van der Waals surface area contributed by atoms with E-state index >= 15 is 0 Å². The maximum absolute atomic E-state index is 13.0. The van der Waals surface area contributed by atoms with Crippen LogP contribution in [0.1, 0.15) is 42.8 Å². The maximum atomic E-state index is 13.0. The molecular weight excluding hydrogens is 360 g/mol. The number of piperidine rings is 1. The van der Waals surface area contributed by atoms with Gasteiger partial charge in [0.15, 0.2) is 0 Å². The molecule has 1 atom stereocenters. The van der Waals surface area contributed by atoms with Gasteiger partial charge in [-0.05, 0) is 30.9 Å². The van der Waals surface area contributed by atoms with Crippen molar-refractivity contribution in [1.29, 1.82) is 0 Å². The molecule has 1 fully saturated rings. The van der Waals surface area contributed by atoms with Crippen LogP contribution >= 0.6 is 11.3 Å². The van der Waals surface area contributed by atoms with Crippen molar-refractivity contribution in [3.63, 3.8) is 0 Å². The van der Waals surface area contributed by atoms with Gasteiger partial charge in [0, 0.05) is 37.4 Å². The minimum atomic E-state index is -0.485. The smallest absolute Gasteiger partial charge is 0.317 e. The second-order valence-corrected chi connectivity index (χ2v) is 8.16. The average Bonchev–Trinajstić information content (AvgIpc) is 3.31. The second kappa shape index (κ2) is 6.96. The van der Waals surface area contributed by atoms with Gasteiger partial charge in [0.25, 0.3) is 0 Å². The highest BCUT2D eigenvalue weighted by molar-refractivity contribution is 7.09. The fraction of sp³-hybridized carbons (Fsp3) is 0.450. The van der Waals surface area contributed by atoms with Gasteiger partial charge in [0.2, 0.25) is 5.91 Å². The minimum Gasteiger partial charge on any atom is -0.329 e. The molecule has 3 amide bonds. The number of likely N-dealkylation sites (tertiary alicyclic amines) is 1. The minimum absolute atomic E-state index is 0.0617. The van der Waals surface area contributed by atoms with E-state index in [1.165, 1.54) is 0 Å². The molecule has 27 heavy (non-hydrogen) atoms. The van der Waals surface area contributed by atoms with Crippen LogP contribution in [0.3, 0.4) is 0 Å². The van der Waals surface area contributed by atoms with Gasteiger partial charge < -0.3 is 15.1 Å². The van der Waals surface area contributed by atoms with Crippen LogP contribution in [0.15, 0.2) is 35.8 Å². The van der Waals surface area contributed by atoms with Gasteiger partial charge in [0.1, 0.15) is 5.01 Å². The first-order chi connectivity index (χ1) is 13.1. The van der Waals surface area contributed by atoms with Crippen molar-refractivity contribution in [1.82, 2.24) is 15.2 Å². The van der Waals surface area contributed by atoms with Crippen LogP contribution in [-0.4, -0.2) is 42.0 Å². The summed E-state index contributed by atoms with van der Waals surface area (Å²) in [5.74, 6) is 0.151. The zero-order valence-electron chi connectivity index (χ0n) is 15.6. The van der Waals surface area contributed by atoms with Gasteiger partial charge in [-0.25, -0.2) is 9.78 Å². The van der Waals surface area contributed by atoms with E-state index in [1.54, 1.807) is 22.4 Å². The number of urea groups is 1. The Labute approximate surface area is 163 Å². The Bertz CT molecular complexity index is 843. The molecule has 0 radical (unpaired) electrons. The van der Waals surface area contributed by atoms with Crippen LogP contribution in [0.4, 0.5) is 10.5 Å². The number of nitrogens with zero attached hydrogens (tertiary/aromatic N) is 3. The van der Waals surface area contributed by atoms with E-state index < -0.39 is 5.41 Å². The third-order valence-corrected chi connectivity index (χ3v) is 6.74. The van der Waals surface area contributed by atoms with Crippen LogP contribution in [0, 0.1) is 0 Å². The Hall–Kier alpha value is -2.41.